The first-order valence-electron chi connectivity index (χ1n) is 9.71. The van der Waals surface area contributed by atoms with E-state index < -0.39 is 5.82 Å². The molecular formula is C23H18FN7. The summed E-state index contributed by atoms with van der Waals surface area (Å²) in [6.07, 6.45) is 1.72. The zero-order valence-corrected chi connectivity index (χ0v) is 16.4. The molecule has 0 atom stereocenters. The first-order chi connectivity index (χ1) is 15.2. The molecule has 0 aliphatic heterocycles. The van der Waals surface area contributed by atoms with E-state index in [2.05, 4.69) is 25.4 Å². The number of fused-ring (bicyclic) bond motifs is 1. The minimum Gasteiger partial charge on any atom is -0.383 e. The van der Waals surface area contributed by atoms with Crippen LogP contribution in [0.15, 0.2) is 79.0 Å². The average Bonchev–Trinajstić information content (AvgIpc) is 3.15. The number of nitrogens with one attached hydrogen (secondary N) is 1. The van der Waals surface area contributed by atoms with E-state index in [0.717, 1.165) is 11.4 Å². The highest BCUT2D eigenvalue weighted by Gasteiger charge is 2.20. The molecule has 152 valence electrons. The molecule has 5 aromatic rings. The van der Waals surface area contributed by atoms with Crippen molar-refractivity contribution in [3.05, 3.63) is 90.5 Å². The number of halogens is 1. The van der Waals surface area contributed by atoms with E-state index in [4.69, 9.17) is 5.73 Å². The van der Waals surface area contributed by atoms with E-state index in [1.54, 1.807) is 29.1 Å². The van der Waals surface area contributed by atoms with Gasteiger partial charge in [-0.25, -0.2) is 14.1 Å². The van der Waals surface area contributed by atoms with Crippen molar-refractivity contribution in [3.63, 3.8) is 0 Å². The van der Waals surface area contributed by atoms with Crippen LogP contribution in [0.1, 0.15) is 5.69 Å². The minimum atomic E-state index is -0.398. The summed E-state index contributed by atoms with van der Waals surface area (Å²) in [5.74, 6) is 0.259. The van der Waals surface area contributed by atoms with Crippen molar-refractivity contribution in [2.45, 2.75) is 6.54 Å². The summed E-state index contributed by atoms with van der Waals surface area (Å²) in [5, 5.41) is 8.23. The van der Waals surface area contributed by atoms with Gasteiger partial charge in [-0.3, -0.25) is 4.98 Å². The molecule has 3 N–H and O–H groups in total. The molecule has 0 amide bonds. The van der Waals surface area contributed by atoms with Gasteiger partial charge in [-0.15, -0.1) is 5.10 Å². The van der Waals surface area contributed by atoms with Crippen LogP contribution in [0.5, 0.6) is 0 Å². The van der Waals surface area contributed by atoms with Crippen molar-refractivity contribution in [1.29, 1.82) is 0 Å². The Labute approximate surface area is 177 Å². The van der Waals surface area contributed by atoms with Crippen LogP contribution in [0.2, 0.25) is 0 Å². The monoisotopic (exact) mass is 411 g/mol. The van der Waals surface area contributed by atoms with Gasteiger partial charge in [-0.05, 0) is 36.4 Å². The molecule has 0 fully saturated rings. The number of benzene rings is 2. The number of hydrogen-bond acceptors (Lipinski definition) is 6. The Balaban J connectivity index is 1.67. The molecule has 0 aliphatic carbocycles. The molecule has 0 radical (unpaired) electrons. The second kappa shape index (κ2) is 7.83. The highest BCUT2D eigenvalue weighted by molar-refractivity contribution is 5.99. The normalized spacial score (nSPS) is 11.0. The van der Waals surface area contributed by atoms with Crippen LogP contribution in [-0.4, -0.2) is 24.7 Å². The molecule has 8 heteroatoms. The molecule has 0 saturated carbocycles. The Morgan fingerprint density at radius 2 is 1.68 bits per heavy atom. The number of nitrogens with two attached hydrogens (primary N) is 1. The van der Waals surface area contributed by atoms with Crippen LogP contribution in [-0.2, 0) is 6.54 Å². The van der Waals surface area contributed by atoms with Gasteiger partial charge in [0.05, 0.1) is 29.0 Å². The van der Waals surface area contributed by atoms with Crippen molar-refractivity contribution in [3.8, 4) is 16.9 Å². The van der Waals surface area contributed by atoms with Crippen molar-refractivity contribution < 1.29 is 4.39 Å². The molecule has 7 nitrogen and oxygen atoms in total. The summed E-state index contributed by atoms with van der Waals surface area (Å²) < 4.78 is 16.3. The van der Waals surface area contributed by atoms with Gasteiger partial charge in [0.15, 0.2) is 5.65 Å². The maximum absolute atomic E-state index is 14.7. The van der Waals surface area contributed by atoms with Crippen LogP contribution in [0.4, 0.5) is 16.2 Å². The van der Waals surface area contributed by atoms with Crippen molar-refractivity contribution in [2.24, 2.45) is 0 Å². The number of nitrogens with zero attached hydrogens (tertiary/aromatic N) is 5. The van der Waals surface area contributed by atoms with E-state index in [-0.39, 0.29) is 0 Å². The maximum atomic E-state index is 14.7. The third kappa shape index (κ3) is 3.55. The smallest absolute Gasteiger partial charge is 0.225 e. The van der Waals surface area contributed by atoms with Crippen LogP contribution >= 0.6 is 0 Å². The Morgan fingerprint density at radius 1 is 0.903 bits per heavy atom. The standard InChI is InChI=1S/C23H18FN7/c24-18-12-5-4-11-17(18)20-19-21(25)31(16-9-2-1-3-10-16)30-22(19)29-23(28-20)27-14-15-8-6-7-13-26-15/h1-13H,14,25H2,(H,27,29,30). The van der Waals surface area contributed by atoms with Gasteiger partial charge in [-0.1, -0.05) is 36.4 Å². The zero-order valence-electron chi connectivity index (χ0n) is 16.4. The Morgan fingerprint density at radius 3 is 2.45 bits per heavy atom. The molecular weight excluding hydrogens is 393 g/mol. The summed E-state index contributed by atoms with van der Waals surface area (Å²) in [5.41, 5.74) is 9.13. The number of anilines is 2. The maximum Gasteiger partial charge on any atom is 0.225 e. The van der Waals surface area contributed by atoms with E-state index >= 15 is 0 Å². The van der Waals surface area contributed by atoms with Crippen LogP contribution in [0, 0.1) is 5.82 Å². The van der Waals surface area contributed by atoms with Crippen LogP contribution in [0.25, 0.3) is 28.0 Å². The molecule has 3 heterocycles. The van der Waals surface area contributed by atoms with Gasteiger partial charge in [-0.2, -0.15) is 4.98 Å². The van der Waals surface area contributed by atoms with E-state index in [0.29, 0.717) is 40.6 Å². The largest absolute Gasteiger partial charge is 0.383 e. The second-order valence-corrected chi connectivity index (χ2v) is 6.88. The highest BCUT2D eigenvalue weighted by atomic mass is 19.1. The molecule has 3 aromatic heterocycles. The minimum absolute atomic E-state index is 0.314. The summed E-state index contributed by atoms with van der Waals surface area (Å²) in [7, 11) is 0. The number of nitrogen functional groups attached to an aromatic ring is 1. The fraction of sp³-hybridized carbons (Fsp3) is 0.0435. The second-order valence-electron chi connectivity index (χ2n) is 6.88. The first kappa shape index (κ1) is 18.7. The van der Waals surface area contributed by atoms with Crippen molar-refractivity contribution in [1.82, 2.24) is 24.7 Å². The summed E-state index contributed by atoms with van der Waals surface area (Å²) >= 11 is 0. The fourth-order valence-electron chi connectivity index (χ4n) is 3.38. The van der Waals surface area contributed by atoms with Gasteiger partial charge in [0.1, 0.15) is 11.6 Å². The number of para-hydroxylation sites is 1. The highest BCUT2D eigenvalue weighted by Crippen LogP contribution is 2.33. The predicted octanol–water partition coefficient (Wildman–Crippen LogP) is 4.21. The summed E-state index contributed by atoms with van der Waals surface area (Å²) in [6, 6.07) is 21.6. The molecule has 0 bridgehead atoms. The van der Waals surface area contributed by atoms with Gasteiger partial charge < -0.3 is 11.1 Å². The number of hydrogen-bond donors (Lipinski definition) is 2. The molecule has 31 heavy (non-hydrogen) atoms. The van der Waals surface area contributed by atoms with Gasteiger partial charge in [0.25, 0.3) is 0 Å². The molecule has 0 unspecified atom stereocenters. The SMILES string of the molecule is Nc1c2c(-c3ccccc3F)nc(NCc3ccccn3)nc2nn1-c1ccccc1. The van der Waals surface area contributed by atoms with Crippen LogP contribution < -0.4 is 11.1 Å². The molecule has 0 spiro atoms. The third-order valence-electron chi connectivity index (χ3n) is 4.85. The summed E-state index contributed by atoms with van der Waals surface area (Å²) in [6.45, 7) is 0.415. The number of aromatic nitrogens is 5. The van der Waals surface area contributed by atoms with E-state index in [9.17, 15) is 4.39 Å². The van der Waals surface area contributed by atoms with E-state index in [1.165, 1.54) is 6.07 Å². The number of rotatable bonds is 5. The average molecular weight is 411 g/mol. The van der Waals surface area contributed by atoms with Gasteiger partial charge in [0.2, 0.25) is 5.95 Å². The lowest BCUT2D eigenvalue weighted by molar-refractivity contribution is 0.631. The van der Waals surface area contributed by atoms with Crippen molar-refractivity contribution >= 4 is 22.8 Å². The molecule has 5 rings (SSSR count). The lowest BCUT2D eigenvalue weighted by Gasteiger charge is -2.09. The van der Waals surface area contributed by atoms with Gasteiger partial charge >= 0.3 is 0 Å². The van der Waals surface area contributed by atoms with Crippen LogP contribution in [0.3, 0.4) is 0 Å². The Hall–Kier alpha value is -4.33. The predicted molar refractivity (Wildman–Crippen MR) is 118 cm³/mol. The molecule has 0 saturated heterocycles. The summed E-state index contributed by atoms with van der Waals surface area (Å²) in [4.78, 5) is 13.4. The lowest BCUT2D eigenvalue weighted by atomic mass is 10.1. The Bertz CT molecular complexity index is 1350. The van der Waals surface area contributed by atoms with E-state index in [1.807, 2.05) is 48.5 Å². The topological polar surface area (TPSA) is 94.5 Å². The first-order valence-corrected chi connectivity index (χ1v) is 9.71. The Kier molecular flexibility index (Phi) is 4.72. The van der Waals surface area contributed by atoms with Crippen molar-refractivity contribution in [2.75, 3.05) is 11.1 Å². The van der Waals surface area contributed by atoms with Gasteiger partial charge in [0, 0.05) is 11.8 Å². The quantitative estimate of drug-likeness (QED) is 0.450. The molecule has 2 aromatic carbocycles. The number of pyridine rings is 1. The lowest BCUT2D eigenvalue weighted by Crippen LogP contribution is -2.06. The zero-order chi connectivity index (χ0) is 21.2. The fourth-order valence-corrected chi connectivity index (χ4v) is 3.38. The third-order valence-corrected chi connectivity index (χ3v) is 4.85. The molecule has 0 aliphatic rings.